The van der Waals surface area contributed by atoms with Gasteiger partial charge in [0.15, 0.2) is 0 Å². The van der Waals surface area contributed by atoms with E-state index in [2.05, 4.69) is 15.0 Å². The summed E-state index contributed by atoms with van der Waals surface area (Å²) in [6.45, 7) is 4.48. The number of piperazine rings is 1. The molecule has 0 bridgehead atoms. The van der Waals surface area contributed by atoms with E-state index in [1.807, 2.05) is 6.92 Å². The molecular weight excluding hydrogens is 505 g/mol. The summed E-state index contributed by atoms with van der Waals surface area (Å²) in [6.07, 6.45) is 0. The van der Waals surface area contributed by atoms with E-state index in [1.165, 1.54) is 38.4 Å². The van der Waals surface area contributed by atoms with Gasteiger partial charge in [-0.15, -0.1) is 0 Å². The molecule has 0 unspecified atom stereocenters. The number of halogens is 1. The highest BCUT2D eigenvalue weighted by molar-refractivity contribution is 7.89. The van der Waals surface area contributed by atoms with E-state index in [0.29, 0.717) is 66.3 Å². The summed E-state index contributed by atoms with van der Waals surface area (Å²) in [5, 5.41) is 4.80. The van der Waals surface area contributed by atoms with Crippen LogP contribution < -0.4 is 10.3 Å². The van der Waals surface area contributed by atoms with Crippen LogP contribution in [0.15, 0.2) is 64.3 Å². The molecule has 9 nitrogen and oxygen atoms in total. The molecule has 0 saturated carbocycles. The third-order valence-corrected chi connectivity index (χ3v) is 8.73. The smallest absolute Gasteiger partial charge is 0.275 e. The molecule has 0 spiro atoms. The van der Waals surface area contributed by atoms with E-state index in [-0.39, 0.29) is 16.3 Å². The van der Waals surface area contributed by atoms with Gasteiger partial charge in [-0.2, -0.15) is 13.9 Å². The molecule has 36 heavy (non-hydrogen) atoms. The molecule has 1 saturated heterocycles. The van der Waals surface area contributed by atoms with Crippen LogP contribution in [0, 0.1) is 5.82 Å². The molecule has 0 N–H and O–H groups in total. The van der Waals surface area contributed by atoms with Gasteiger partial charge in [-0.1, -0.05) is 23.5 Å². The summed E-state index contributed by atoms with van der Waals surface area (Å²) in [6, 6.07) is 13.9. The quantitative estimate of drug-likeness (QED) is 0.363. The minimum atomic E-state index is -3.60. The maximum absolute atomic E-state index is 13.6. The fraction of sp³-hybridized carbons (Fsp3) is 0.292. The van der Waals surface area contributed by atoms with Crippen LogP contribution >= 0.6 is 11.3 Å². The Morgan fingerprint density at radius 2 is 1.81 bits per heavy atom. The third-order valence-electron chi connectivity index (χ3n) is 5.86. The lowest BCUT2D eigenvalue weighted by molar-refractivity contribution is 0.180. The Balaban J connectivity index is 1.27. The third kappa shape index (κ3) is 5.03. The molecule has 2 aromatic carbocycles. The van der Waals surface area contributed by atoms with Crippen molar-refractivity contribution in [3.05, 3.63) is 76.5 Å². The van der Waals surface area contributed by atoms with Crippen molar-refractivity contribution < 1.29 is 17.5 Å². The number of hydrogen-bond acceptors (Lipinski definition) is 8. The largest absolute Gasteiger partial charge is 0.494 e. The van der Waals surface area contributed by atoms with E-state index in [4.69, 9.17) is 4.74 Å². The van der Waals surface area contributed by atoms with Crippen molar-refractivity contribution in [3.8, 4) is 16.3 Å². The highest BCUT2D eigenvalue weighted by Gasteiger charge is 2.28. The summed E-state index contributed by atoms with van der Waals surface area (Å²) in [5.41, 5.74) is 0.846. The zero-order valence-electron chi connectivity index (χ0n) is 19.5. The average Bonchev–Trinajstić information content (AvgIpc) is 3.30. The van der Waals surface area contributed by atoms with E-state index in [1.54, 1.807) is 36.4 Å². The van der Waals surface area contributed by atoms with Crippen molar-refractivity contribution in [3.63, 3.8) is 0 Å². The molecule has 3 heterocycles. The van der Waals surface area contributed by atoms with E-state index in [0.717, 1.165) is 0 Å². The second-order valence-corrected chi connectivity index (χ2v) is 11.2. The zero-order chi connectivity index (χ0) is 25.3. The van der Waals surface area contributed by atoms with Crippen molar-refractivity contribution in [2.75, 3.05) is 32.8 Å². The zero-order valence-corrected chi connectivity index (χ0v) is 21.1. The van der Waals surface area contributed by atoms with Crippen LogP contribution in [0.1, 0.15) is 12.6 Å². The van der Waals surface area contributed by atoms with Crippen LogP contribution in [-0.4, -0.2) is 65.0 Å². The van der Waals surface area contributed by atoms with Crippen LogP contribution in [-0.2, 0) is 16.6 Å². The highest BCUT2D eigenvalue weighted by atomic mass is 32.2. The molecule has 2 aromatic heterocycles. The number of rotatable bonds is 7. The fourth-order valence-electron chi connectivity index (χ4n) is 4.06. The van der Waals surface area contributed by atoms with E-state index < -0.39 is 10.0 Å². The van der Waals surface area contributed by atoms with Crippen molar-refractivity contribution in [2.24, 2.45) is 0 Å². The van der Waals surface area contributed by atoms with Gasteiger partial charge in [-0.05, 0) is 43.3 Å². The average molecular weight is 530 g/mol. The number of ether oxygens (including phenoxy) is 1. The summed E-state index contributed by atoms with van der Waals surface area (Å²) in [7, 11) is -3.60. The first-order valence-corrected chi connectivity index (χ1v) is 13.7. The highest BCUT2D eigenvalue weighted by Crippen LogP contribution is 2.25. The lowest BCUT2D eigenvalue weighted by Crippen LogP contribution is -2.48. The Labute approximate surface area is 211 Å². The molecular formula is C24H24FN5O4S2. The number of nitrogens with zero attached hydrogens (tertiary/aromatic N) is 5. The molecule has 1 fully saturated rings. The van der Waals surface area contributed by atoms with Crippen molar-refractivity contribution in [2.45, 2.75) is 18.4 Å². The first-order chi connectivity index (χ1) is 17.3. The van der Waals surface area contributed by atoms with Crippen molar-refractivity contribution >= 4 is 26.3 Å². The molecule has 0 aliphatic carbocycles. The minimum absolute atomic E-state index is 0.235. The minimum Gasteiger partial charge on any atom is -0.494 e. The van der Waals surface area contributed by atoms with Gasteiger partial charge < -0.3 is 4.74 Å². The lowest BCUT2D eigenvalue weighted by atomic mass is 10.2. The first kappa shape index (κ1) is 24.5. The summed E-state index contributed by atoms with van der Waals surface area (Å²) in [4.78, 5) is 19.9. The standard InChI is InChI=1S/C24H24FN5O4S2/c1-2-34-20-6-8-21(9-7-20)36(32,33)29-12-10-28(11-13-29)16-19-15-22(31)30-24(26-19)35-23(27-30)17-4-3-5-18(25)14-17/h3-9,14-15H,2,10-13,16H2,1H3. The van der Waals surface area contributed by atoms with Crippen LogP contribution in [0.2, 0.25) is 0 Å². The van der Waals surface area contributed by atoms with Crippen LogP contribution in [0.3, 0.4) is 0 Å². The topological polar surface area (TPSA) is 97.1 Å². The molecule has 1 aliphatic rings. The number of benzene rings is 2. The van der Waals surface area contributed by atoms with Gasteiger partial charge in [0.1, 0.15) is 16.6 Å². The normalized spacial score (nSPS) is 15.4. The monoisotopic (exact) mass is 529 g/mol. The molecule has 5 rings (SSSR count). The van der Waals surface area contributed by atoms with Gasteiger partial charge in [0.25, 0.3) is 5.56 Å². The molecule has 12 heteroatoms. The van der Waals surface area contributed by atoms with Crippen LogP contribution in [0.5, 0.6) is 5.75 Å². The lowest BCUT2D eigenvalue weighted by Gasteiger charge is -2.33. The van der Waals surface area contributed by atoms with Gasteiger partial charge in [0.05, 0.1) is 17.2 Å². The van der Waals surface area contributed by atoms with Gasteiger partial charge in [0.2, 0.25) is 15.0 Å². The second kappa shape index (κ2) is 10.1. The molecule has 4 aromatic rings. The Morgan fingerprint density at radius 3 is 2.50 bits per heavy atom. The van der Waals surface area contributed by atoms with Gasteiger partial charge in [0, 0.05) is 44.4 Å². The van der Waals surface area contributed by atoms with Crippen LogP contribution in [0.25, 0.3) is 15.5 Å². The second-order valence-electron chi connectivity index (χ2n) is 8.28. The maximum atomic E-state index is 13.6. The van der Waals surface area contributed by atoms with Gasteiger partial charge in [-0.3, -0.25) is 9.69 Å². The van der Waals surface area contributed by atoms with Crippen molar-refractivity contribution in [1.29, 1.82) is 0 Å². The Morgan fingerprint density at radius 1 is 1.06 bits per heavy atom. The van der Waals surface area contributed by atoms with E-state index in [9.17, 15) is 17.6 Å². The predicted molar refractivity (Wildman–Crippen MR) is 134 cm³/mol. The molecule has 1 aliphatic heterocycles. The summed E-state index contributed by atoms with van der Waals surface area (Å²) < 4.78 is 47.7. The van der Waals surface area contributed by atoms with Gasteiger partial charge in [-0.25, -0.2) is 17.8 Å². The summed E-state index contributed by atoms with van der Waals surface area (Å²) >= 11 is 1.21. The number of aromatic nitrogens is 3. The number of sulfonamides is 1. The summed E-state index contributed by atoms with van der Waals surface area (Å²) in [5.74, 6) is 0.252. The van der Waals surface area contributed by atoms with Crippen LogP contribution in [0.4, 0.5) is 4.39 Å². The Hall–Kier alpha value is -3.19. The van der Waals surface area contributed by atoms with Gasteiger partial charge >= 0.3 is 0 Å². The first-order valence-electron chi connectivity index (χ1n) is 11.4. The molecule has 0 amide bonds. The van der Waals surface area contributed by atoms with E-state index >= 15 is 0 Å². The Kier molecular flexibility index (Phi) is 6.84. The number of fused-ring (bicyclic) bond motifs is 1. The number of hydrogen-bond donors (Lipinski definition) is 0. The molecule has 188 valence electrons. The fourth-order valence-corrected chi connectivity index (χ4v) is 6.40. The maximum Gasteiger partial charge on any atom is 0.275 e. The van der Waals surface area contributed by atoms with Crippen molar-refractivity contribution in [1.82, 2.24) is 23.8 Å². The Bertz CT molecular complexity index is 1550. The molecule has 0 atom stereocenters. The molecule has 0 radical (unpaired) electrons. The predicted octanol–water partition coefficient (Wildman–Crippen LogP) is 2.86. The SMILES string of the molecule is CCOc1ccc(S(=O)(=O)N2CCN(Cc3cc(=O)n4nc(-c5cccc(F)c5)sc4n3)CC2)cc1.